The first kappa shape index (κ1) is 9.96. The van der Waals surface area contributed by atoms with Gasteiger partial charge in [0, 0.05) is 6.04 Å². The lowest BCUT2D eigenvalue weighted by molar-refractivity contribution is 0.234. The largest absolute Gasteiger partial charge is 0.301 e. The van der Waals surface area contributed by atoms with Crippen LogP contribution in [0, 0.1) is 6.92 Å². The second kappa shape index (κ2) is 5.72. The third kappa shape index (κ3) is 3.21. The van der Waals surface area contributed by atoms with E-state index in [1.165, 1.54) is 13.0 Å². The van der Waals surface area contributed by atoms with Crippen molar-refractivity contribution in [1.29, 1.82) is 0 Å². The van der Waals surface area contributed by atoms with Gasteiger partial charge in [0.15, 0.2) is 0 Å². The summed E-state index contributed by atoms with van der Waals surface area (Å²) in [5, 5.41) is 0. The van der Waals surface area contributed by atoms with E-state index >= 15 is 0 Å². The first-order valence-electron chi connectivity index (χ1n) is 4.33. The van der Waals surface area contributed by atoms with Gasteiger partial charge >= 0.3 is 0 Å². The van der Waals surface area contributed by atoms with E-state index in [-0.39, 0.29) is 0 Å². The van der Waals surface area contributed by atoms with Gasteiger partial charge in [-0.05, 0) is 32.9 Å². The van der Waals surface area contributed by atoms with Crippen molar-refractivity contribution >= 4 is 0 Å². The highest BCUT2D eigenvalue weighted by molar-refractivity contribution is 4.70. The molecule has 0 N–H and O–H groups in total. The molecule has 0 heterocycles. The molecule has 0 saturated heterocycles. The molecule has 0 rings (SSSR count). The molecule has 0 bridgehead atoms. The zero-order valence-corrected chi connectivity index (χ0v) is 7.56. The van der Waals surface area contributed by atoms with E-state index in [1.54, 1.807) is 0 Å². The van der Waals surface area contributed by atoms with Gasteiger partial charge in [0.25, 0.3) is 0 Å². The van der Waals surface area contributed by atoms with Crippen molar-refractivity contribution in [3.05, 3.63) is 6.92 Å². The highest BCUT2D eigenvalue weighted by atomic mass is 15.1. The molecule has 0 spiro atoms. The Kier molecular flexibility index (Phi) is 5.70. The van der Waals surface area contributed by atoms with Crippen LogP contribution in [0.2, 0.25) is 0 Å². The first-order chi connectivity index (χ1) is 4.76. The molecular formula is C9H20N. The first-order valence-corrected chi connectivity index (χ1v) is 4.33. The summed E-state index contributed by atoms with van der Waals surface area (Å²) in [6.07, 6.45) is 2.40. The molecule has 10 heavy (non-hydrogen) atoms. The van der Waals surface area contributed by atoms with Crippen molar-refractivity contribution in [2.24, 2.45) is 0 Å². The lowest BCUT2D eigenvalue weighted by Gasteiger charge is -2.25. The van der Waals surface area contributed by atoms with E-state index in [0.29, 0.717) is 6.04 Å². The fourth-order valence-corrected chi connectivity index (χ4v) is 1.14. The molecule has 0 aromatic carbocycles. The van der Waals surface area contributed by atoms with E-state index in [0.717, 1.165) is 13.0 Å². The molecule has 0 aromatic rings. The summed E-state index contributed by atoms with van der Waals surface area (Å²) in [4.78, 5) is 2.42. The topological polar surface area (TPSA) is 3.24 Å². The van der Waals surface area contributed by atoms with Crippen LogP contribution < -0.4 is 0 Å². The molecule has 0 fully saturated rings. The Balaban J connectivity index is 3.56. The minimum Gasteiger partial charge on any atom is -0.301 e. The van der Waals surface area contributed by atoms with Crippen molar-refractivity contribution in [2.45, 2.75) is 39.7 Å². The molecule has 1 radical (unpaired) electrons. The monoisotopic (exact) mass is 142 g/mol. The van der Waals surface area contributed by atoms with Crippen molar-refractivity contribution in [2.75, 3.05) is 13.1 Å². The predicted molar refractivity (Wildman–Crippen MR) is 47.0 cm³/mol. The van der Waals surface area contributed by atoms with Gasteiger partial charge in [-0.15, -0.1) is 0 Å². The van der Waals surface area contributed by atoms with E-state index in [2.05, 4.69) is 32.6 Å². The van der Waals surface area contributed by atoms with Gasteiger partial charge in [-0.25, -0.2) is 0 Å². The Hall–Kier alpha value is -0.0400. The molecule has 0 aliphatic carbocycles. The van der Waals surface area contributed by atoms with Crippen LogP contribution in [-0.4, -0.2) is 24.0 Å². The Bertz CT molecular complexity index is 71.1. The molecule has 1 atom stereocenters. The highest BCUT2D eigenvalue weighted by Gasteiger charge is 2.06. The normalized spacial score (nSPS) is 14.1. The van der Waals surface area contributed by atoms with Crippen LogP contribution in [0.5, 0.6) is 0 Å². The van der Waals surface area contributed by atoms with Gasteiger partial charge in [0.1, 0.15) is 0 Å². The molecule has 1 unspecified atom stereocenters. The van der Waals surface area contributed by atoms with E-state index < -0.39 is 0 Å². The molecular weight excluding hydrogens is 122 g/mol. The summed E-state index contributed by atoms with van der Waals surface area (Å²) in [6, 6.07) is 0.518. The van der Waals surface area contributed by atoms with Gasteiger partial charge in [-0.3, -0.25) is 0 Å². The third-order valence-corrected chi connectivity index (χ3v) is 1.90. The summed E-state index contributed by atoms with van der Waals surface area (Å²) in [5.74, 6) is 0. The van der Waals surface area contributed by atoms with Crippen LogP contribution in [0.1, 0.15) is 33.6 Å². The van der Waals surface area contributed by atoms with Gasteiger partial charge in [0.05, 0.1) is 0 Å². The highest BCUT2D eigenvalue weighted by Crippen LogP contribution is 2.02. The molecule has 1 heteroatoms. The smallest absolute Gasteiger partial charge is 0.00930 e. The summed E-state index contributed by atoms with van der Waals surface area (Å²) in [6.45, 7) is 13.0. The molecule has 0 amide bonds. The maximum atomic E-state index is 4.07. The Morgan fingerprint density at radius 3 is 2.20 bits per heavy atom. The van der Waals surface area contributed by atoms with Crippen LogP contribution >= 0.6 is 0 Å². The summed E-state index contributed by atoms with van der Waals surface area (Å²) < 4.78 is 0. The van der Waals surface area contributed by atoms with Crippen LogP contribution in [0.3, 0.4) is 0 Å². The van der Waals surface area contributed by atoms with Gasteiger partial charge in [-0.1, -0.05) is 20.8 Å². The molecule has 0 saturated carbocycles. The van der Waals surface area contributed by atoms with Crippen LogP contribution in [-0.2, 0) is 0 Å². The summed E-state index contributed by atoms with van der Waals surface area (Å²) in [5.41, 5.74) is 0. The standard InChI is InChI=1S/C9H20N/c1-5-8-10(7-3)9(4)6-2/h9H,4-8H2,1-3H3. The lowest BCUT2D eigenvalue weighted by Crippen LogP contribution is -2.33. The number of hydrogen-bond acceptors (Lipinski definition) is 1. The van der Waals surface area contributed by atoms with Gasteiger partial charge < -0.3 is 4.90 Å². The van der Waals surface area contributed by atoms with Gasteiger partial charge in [0.2, 0.25) is 0 Å². The lowest BCUT2D eigenvalue weighted by atomic mass is 10.2. The van der Waals surface area contributed by atoms with E-state index in [1.807, 2.05) is 0 Å². The Labute approximate surface area is 65.4 Å². The van der Waals surface area contributed by atoms with Crippen molar-refractivity contribution in [3.63, 3.8) is 0 Å². The molecule has 0 aliphatic heterocycles. The second-order valence-corrected chi connectivity index (χ2v) is 2.69. The van der Waals surface area contributed by atoms with Crippen molar-refractivity contribution in [1.82, 2.24) is 4.90 Å². The van der Waals surface area contributed by atoms with E-state index in [4.69, 9.17) is 0 Å². The van der Waals surface area contributed by atoms with Crippen molar-refractivity contribution < 1.29 is 0 Å². The number of rotatable bonds is 5. The zero-order valence-electron chi connectivity index (χ0n) is 7.56. The maximum Gasteiger partial charge on any atom is 0.00930 e. The fourth-order valence-electron chi connectivity index (χ4n) is 1.14. The summed E-state index contributed by atoms with van der Waals surface area (Å²) in [7, 11) is 0. The molecule has 1 nitrogen and oxygen atoms in total. The van der Waals surface area contributed by atoms with Crippen LogP contribution in [0.15, 0.2) is 0 Å². The van der Waals surface area contributed by atoms with Crippen LogP contribution in [0.4, 0.5) is 0 Å². The Morgan fingerprint density at radius 1 is 1.30 bits per heavy atom. The second-order valence-electron chi connectivity index (χ2n) is 2.69. The Morgan fingerprint density at radius 2 is 1.90 bits per heavy atom. The number of nitrogens with zero attached hydrogens (tertiary/aromatic N) is 1. The minimum atomic E-state index is 0.518. The number of hydrogen-bond donors (Lipinski definition) is 0. The van der Waals surface area contributed by atoms with Crippen LogP contribution in [0.25, 0.3) is 0 Å². The fraction of sp³-hybridized carbons (Fsp3) is 0.889. The molecule has 61 valence electrons. The third-order valence-electron chi connectivity index (χ3n) is 1.90. The molecule has 0 aliphatic rings. The average Bonchev–Trinajstić information content (AvgIpc) is 1.99. The minimum absolute atomic E-state index is 0.518. The van der Waals surface area contributed by atoms with Crippen molar-refractivity contribution in [3.8, 4) is 0 Å². The summed E-state index contributed by atoms with van der Waals surface area (Å²) >= 11 is 0. The van der Waals surface area contributed by atoms with Gasteiger partial charge in [-0.2, -0.15) is 0 Å². The predicted octanol–water partition coefficient (Wildman–Crippen LogP) is 2.33. The average molecular weight is 142 g/mol. The quantitative estimate of drug-likeness (QED) is 0.569. The zero-order chi connectivity index (χ0) is 7.98. The molecule has 0 aromatic heterocycles. The SMILES string of the molecule is [CH2]C(CC)N(CC)CCC. The maximum absolute atomic E-state index is 4.07. The van der Waals surface area contributed by atoms with E-state index in [9.17, 15) is 0 Å².